The zero-order chi connectivity index (χ0) is 26.6. The number of alkyl carbamates (subject to hydrolysis) is 1. The number of nitrogens with zero attached hydrogens (tertiary/aromatic N) is 2. The van der Waals surface area contributed by atoms with Crippen molar-refractivity contribution >= 4 is 12.0 Å². The van der Waals surface area contributed by atoms with Crippen molar-refractivity contribution in [2.75, 3.05) is 6.61 Å². The summed E-state index contributed by atoms with van der Waals surface area (Å²) in [6, 6.07) is 2.05. The molecule has 2 fully saturated rings. The van der Waals surface area contributed by atoms with Gasteiger partial charge in [0.05, 0.1) is 18.5 Å². The van der Waals surface area contributed by atoms with Crippen LogP contribution in [0.25, 0.3) is 0 Å². The van der Waals surface area contributed by atoms with Crippen molar-refractivity contribution in [2.24, 2.45) is 13.0 Å². The van der Waals surface area contributed by atoms with Gasteiger partial charge in [0.1, 0.15) is 11.8 Å². The topological polar surface area (TPSA) is 119 Å². The molecule has 0 spiro atoms. The van der Waals surface area contributed by atoms with Gasteiger partial charge in [0.25, 0.3) is 5.91 Å². The Morgan fingerprint density at radius 2 is 1.97 bits per heavy atom. The van der Waals surface area contributed by atoms with Gasteiger partial charge >= 0.3 is 6.09 Å². The van der Waals surface area contributed by atoms with Gasteiger partial charge in [-0.1, -0.05) is 19.3 Å². The molecule has 1 aliphatic heterocycles. The lowest BCUT2D eigenvalue weighted by Gasteiger charge is -2.18. The van der Waals surface area contributed by atoms with Crippen molar-refractivity contribution in [3.63, 3.8) is 0 Å². The summed E-state index contributed by atoms with van der Waals surface area (Å²) >= 11 is 0. The maximum absolute atomic E-state index is 12.9. The molecular weight excluding hydrogens is 472 g/mol. The fourth-order valence-electron chi connectivity index (χ4n) is 5.03. The number of hydrogen-bond donors (Lipinski definition) is 4. The third-order valence-corrected chi connectivity index (χ3v) is 6.94. The highest BCUT2D eigenvalue weighted by atomic mass is 16.6. The Labute approximate surface area is 221 Å². The molecule has 1 saturated heterocycles. The number of ether oxygens (including phenoxy) is 2. The summed E-state index contributed by atoms with van der Waals surface area (Å²) in [5, 5.41) is 10.3. The van der Waals surface area contributed by atoms with Gasteiger partial charge < -0.3 is 20.1 Å². The Morgan fingerprint density at radius 1 is 1.19 bits per heavy atom. The molecule has 1 aliphatic carbocycles. The van der Waals surface area contributed by atoms with Crippen LogP contribution in [0.1, 0.15) is 94.2 Å². The molecule has 4 N–H and O–H groups in total. The van der Waals surface area contributed by atoms with E-state index in [2.05, 4.69) is 32.5 Å². The van der Waals surface area contributed by atoms with E-state index in [1.165, 1.54) is 12.8 Å². The minimum atomic E-state index is -0.351. The molecule has 3 rings (SSSR count). The third-order valence-electron chi connectivity index (χ3n) is 6.94. The van der Waals surface area contributed by atoms with Crippen molar-refractivity contribution in [1.82, 2.24) is 31.3 Å². The van der Waals surface area contributed by atoms with E-state index < -0.39 is 0 Å². The van der Waals surface area contributed by atoms with Crippen LogP contribution in [-0.2, 0) is 23.1 Å². The molecule has 37 heavy (non-hydrogen) atoms. The molecule has 10 heteroatoms. The summed E-state index contributed by atoms with van der Waals surface area (Å²) in [5.41, 5.74) is 7.76. The number of aryl methyl sites for hydroxylation is 1. The van der Waals surface area contributed by atoms with Crippen LogP contribution >= 0.6 is 0 Å². The minimum Gasteiger partial charge on any atom is -0.446 e. The van der Waals surface area contributed by atoms with Crippen LogP contribution in [0.3, 0.4) is 0 Å². The normalized spacial score (nSPS) is 23.2. The number of hydrazine groups is 1. The second-order valence-electron chi connectivity index (χ2n) is 10.5. The number of unbranched alkanes of at least 4 members (excludes halogenated alkanes) is 5. The van der Waals surface area contributed by atoms with Gasteiger partial charge in [-0.2, -0.15) is 5.10 Å². The first-order chi connectivity index (χ1) is 17.9. The second kappa shape index (κ2) is 15.0. The van der Waals surface area contributed by atoms with E-state index in [1.54, 1.807) is 17.8 Å². The second-order valence-corrected chi connectivity index (χ2v) is 10.5. The third kappa shape index (κ3) is 9.65. The zero-order valence-corrected chi connectivity index (χ0v) is 22.6. The average molecular weight is 517 g/mol. The summed E-state index contributed by atoms with van der Waals surface area (Å²) in [6.07, 6.45) is 14.5. The number of amides is 2. The number of carbonyl (C=O) groups excluding carboxylic acids is 2. The quantitative estimate of drug-likeness (QED) is 0.222. The van der Waals surface area contributed by atoms with Crippen LogP contribution in [0.15, 0.2) is 6.07 Å². The lowest BCUT2D eigenvalue weighted by Crippen LogP contribution is -2.45. The zero-order valence-electron chi connectivity index (χ0n) is 22.6. The van der Waals surface area contributed by atoms with Gasteiger partial charge in [0.2, 0.25) is 0 Å². The molecule has 1 unspecified atom stereocenters. The number of hydrogen-bond acceptors (Lipinski definition) is 7. The first-order valence-electron chi connectivity index (χ1n) is 13.7. The van der Waals surface area contributed by atoms with E-state index in [-0.39, 0.29) is 36.4 Å². The summed E-state index contributed by atoms with van der Waals surface area (Å²) < 4.78 is 12.9. The molecule has 206 valence electrons. The summed E-state index contributed by atoms with van der Waals surface area (Å²) in [7, 11) is 1.77. The highest BCUT2D eigenvalue weighted by molar-refractivity contribution is 5.92. The Balaban J connectivity index is 1.34. The molecular formula is C27H44N6O4. The number of aromatic nitrogens is 2. The van der Waals surface area contributed by atoms with Gasteiger partial charge in [0, 0.05) is 32.2 Å². The van der Waals surface area contributed by atoms with E-state index in [4.69, 9.17) is 15.9 Å². The maximum atomic E-state index is 12.9. The largest absolute Gasteiger partial charge is 0.446 e. The van der Waals surface area contributed by atoms with Gasteiger partial charge in [-0.15, -0.1) is 12.3 Å². The molecule has 1 aromatic heterocycles. The van der Waals surface area contributed by atoms with Gasteiger partial charge in [0.15, 0.2) is 0 Å². The van der Waals surface area contributed by atoms with Crippen LogP contribution < -0.4 is 21.5 Å². The fourth-order valence-corrected chi connectivity index (χ4v) is 5.03. The number of terminal acetylenes is 1. The van der Waals surface area contributed by atoms with Crippen LogP contribution in [0, 0.1) is 18.3 Å². The summed E-state index contributed by atoms with van der Waals surface area (Å²) in [5.74, 6) is 2.88. The first-order valence-corrected chi connectivity index (χ1v) is 13.7. The Hall–Kier alpha value is -2.61. The van der Waals surface area contributed by atoms with Crippen LogP contribution in [0.4, 0.5) is 4.79 Å². The lowest BCUT2D eigenvalue weighted by atomic mass is 9.96. The molecule has 0 bridgehead atoms. The van der Waals surface area contributed by atoms with E-state index in [0.29, 0.717) is 24.8 Å². The standard InChI is InChI=1S/C27H44N6O4/c1-5-6-7-8-9-10-11-14-36-18-21-16-24(33(4)32-21)26(34)29-25-17-23(30-31-25)20-12-13-22(15-20)37-27(35)28-19(2)3/h1,16,19-20,22-23,25,30-31H,6-15,17-18H2,2-4H3,(H,28,35)(H,29,34)/t20-,22+,23+,25?/m1/s1. The van der Waals surface area contributed by atoms with Crippen molar-refractivity contribution in [3.8, 4) is 12.3 Å². The summed E-state index contributed by atoms with van der Waals surface area (Å²) in [6.45, 7) is 4.90. The first kappa shape index (κ1) is 29.0. The Kier molecular flexibility index (Phi) is 11.7. The molecule has 2 amide bonds. The molecule has 1 aromatic rings. The Bertz CT molecular complexity index is 911. The molecule has 2 aliphatic rings. The van der Waals surface area contributed by atoms with Crippen LogP contribution in [0.2, 0.25) is 0 Å². The number of rotatable bonds is 14. The SMILES string of the molecule is C#CCCCCCCCOCc1cc(C(=O)NC2C[C@@H]([C@@H]3CC[C@H](OC(=O)NC(C)C)C3)NN2)n(C)n1. The molecule has 0 aromatic carbocycles. The van der Waals surface area contributed by atoms with Crippen molar-refractivity contribution in [2.45, 2.75) is 109 Å². The predicted octanol–water partition coefficient (Wildman–Crippen LogP) is 3.14. The van der Waals surface area contributed by atoms with Crippen LogP contribution in [-0.4, -0.2) is 52.7 Å². The molecule has 2 heterocycles. The predicted molar refractivity (Wildman–Crippen MR) is 141 cm³/mol. The van der Waals surface area contributed by atoms with Crippen molar-refractivity contribution in [1.29, 1.82) is 0 Å². The Morgan fingerprint density at radius 3 is 2.76 bits per heavy atom. The van der Waals surface area contributed by atoms with E-state index in [9.17, 15) is 9.59 Å². The highest BCUT2D eigenvalue weighted by Gasteiger charge is 2.37. The fraction of sp³-hybridized carbons (Fsp3) is 0.741. The van der Waals surface area contributed by atoms with E-state index in [0.717, 1.165) is 57.1 Å². The van der Waals surface area contributed by atoms with Gasteiger partial charge in [-0.25, -0.2) is 10.2 Å². The molecule has 10 nitrogen and oxygen atoms in total. The summed E-state index contributed by atoms with van der Waals surface area (Å²) in [4.78, 5) is 24.8. The number of carbonyl (C=O) groups is 2. The molecule has 1 saturated carbocycles. The smallest absolute Gasteiger partial charge is 0.407 e. The van der Waals surface area contributed by atoms with Crippen LogP contribution in [0.5, 0.6) is 0 Å². The van der Waals surface area contributed by atoms with Crippen molar-refractivity contribution in [3.05, 3.63) is 17.5 Å². The minimum absolute atomic E-state index is 0.0581. The van der Waals surface area contributed by atoms with Crippen molar-refractivity contribution < 1.29 is 19.1 Å². The van der Waals surface area contributed by atoms with E-state index >= 15 is 0 Å². The van der Waals surface area contributed by atoms with Gasteiger partial charge in [-0.05, 0) is 64.4 Å². The maximum Gasteiger partial charge on any atom is 0.407 e. The number of nitrogens with one attached hydrogen (secondary N) is 4. The molecule has 4 atom stereocenters. The average Bonchev–Trinajstić information content (AvgIpc) is 3.57. The van der Waals surface area contributed by atoms with E-state index in [1.807, 2.05) is 13.8 Å². The lowest BCUT2D eigenvalue weighted by molar-refractivity contribution is 0.0917. The molecule has 0 radical (unpaired) electrons. The monoisotopic (exact) mass is 516 g/mol. The highest BCUT2D eigenvalue weighted by Crippen LogP contribution is 2.33. The van der Waals surface area contributed by atoms with Gasteiger partial charge in [-0.3, -0.25) is 14.9 Å².